The summed E-state index contributed by atoms with van der Waals surface area (Å²) in [6.07, 6.45) is -0.00528. The van der Waals surface area contributed by atoms with Crippen LogP contribution in [-0.2, 0) is 9.53 Å². The van der Waals surface area contributed by atoms with Gasteiger partial charge in [0.1, 0.15) is 0 Å². The van der Waals surface area contributed by atoms with Crippen molar-refractivity contribution in [2.24, 2.45) is 0 Å². The number of benzene rings is 1. The van der Waals surface area contributed by atoms with E-state index < -0.39 is 5.97 Å². The molecule has 0 aromatic heterocycles. The van der Waals surface area contributed by atoms with Gasteiger partial charge in [0.25, 0.3) is 0 Å². The Bertz CT molecular complexity index is 353. The number of aliphatic carboxylic acids is 1. The SMILES string of the molecule is O=C(O)CN1CCOC(c2ccccc2)C1. The maximum Gasteiger partial charge on any atom is 0.317 e. The van der Waals surface area contributed by atoms with Crippen LogP contribution in [0.4, 0.5) is 0 Å². The van der Waals surface area contributed by atoms with Crippen LogP contribution in [0.5, 0.6) is 0 Å². The molecule has 0 amide bonds. The number of carboxylic acids is 1. The third-order valence-electron chi connectivity index (χ3n) is 2.68. The van der Waals surface area contributed by atoms with Crippen LogP contribution in [-0.4, -0.2) is 42.2 Å². The second-order valence-corrected chi connectivity index (χ2v) is 3.90. The van der Waals surface area contributed by atoms with Gasteiger partial charge in [-0.2, -0.15) is 0 Å². The van der Waals surface area contributed by atoms with Crippen LogP contribution in [0.15, 0.2) is 30.3 Å². The summed E-state index contributed by atoms with van der Waals surface area (Å²) in [4.78, 5) is 12.5. The fraction of sp³-hybridized carbons (Fsp3) is 0.417. The van der Waals surface area contributed by atoms with E-state index in [1.807, 2.05) is 35.2 Å². The Balaban J connectivity index is 1.99. The average molecular weight is 221 g/mol. The first kappa shape index (κ1) is 11.1. The summed E-state index contributed by atoms with van der Waals surface area (Å²) in [7, 11) is 0. The molecule has 1 heterocycles. The van der Waals surface area contributed by atoms with Crippen molar-refractivity contribution < 1.29 is 14.6 Å². The van der Waals surface area contributed by atoms with Crippen molar-refractivity contribution in [2.75, 3.05) is 26.2 Å². The smallest absolute Gasteiger partial charge is 0.317 e. The lowest BCUT2D eigenvalue weighted by molar-refractivity contribution is -0.140. The molecule has 1 saturated heterocycles. The number of nitrogens with zero attached hydrogens (tertiary/aromatic N) is 1. The van der Waals surface area contributed by atoms with Gasteiger partial charge < -0.3 is 9.84 Å². The van der Waals surface area contributed by atoms with E-state index >= 15 is 0 Å². The van der Waals surface area contributed by atoms with Crippen LogP contribution in [0.25, 0.3) is 0 Å². The quantitative estimate of drug-likeness (QED) is 0.831. The molecular formula is C12H15NO3. The summed E-state index contributed by atoms with van der Waals surface area (Å²) < 4.78 is 5.64. The van der Waals surface area contributed by atoms with Crippen molar-refractivity contribution >= 4 is 5.97 Å². The lowest BCUT2D eigenvalue weighted by Crippen LogP contribution is -2.41. The second-order valence-electron chi connectivity index (χ2n) is 3.90. The van der Waals surface area contributed by atoms with Crippen LogP contribution < -0.4 is 0 Å². The van der Waals surface area contributed by atoms with Crippen LogP contribution in [0.3, 0.4) is 0 Å². The summed E-state index contributed by atoms with van der Waals surface area (Å²) >= 11 is 0. The van der Waals surface area contributed by atoms with Gasteiger partial charge in [0.15, 0.2) is 0 Å². The molecule has 1 aliphatic rings. The van der Waals surface area contributed by atoms with E-state index in [1.54, 1.807) is 0 Å². The van der Waals surface area contributed by atoms with Crippen molar-refractivity contribution in [3.63, 3.8) is 0 Å². The zero-order chi connectivity index (χ0) is 11.4. The van der Waals surface area contributed by atoms with E-state index in [0.29, 0.717) is 19.7 Å². The van der Waals surface area contributed by atoms with E-state index in [9.17, 15) is 4.79 Å². The molecule has 4 nitrogen and oxygen atoms in total. The summed E-state index contributed by atoms with van der Waals surface area (Å²) in [5.41, 5.74) is 1.11. The zero-order valence-electron chi connectivity index (χ0n) is 9.00. The Morgan fingerprint density at radius 2 is 2.19 bits per heavy atom. The highest BCUT2D eigenvalue weighted by Gasteiger charge is 2.22. The highest BCUT2D eigenvalue weighted by molar-refractivity contribution is 5.69. The van der Waals surface area contributed by atoms with E-state index in [1.165, 1.54) is 0 Å². The normalized spacial score (nSPS) is 21.9. The number of hydrogen-bond donors (Lipinski definition) is 1. The summed E-state index contributed by atoms with van der Waals surface area (Å²) in [6.45, 7) is 2.02. The molecule has 16 heavy (non-hydrogen) atoms. The molecule has 0 radical (unpaired) electrons. The minimum absolute atomic E-state index is 0.00528. The maximum absolute atomic E-state index is 10.6. The number of carbonyl (C=O) groups is 1. The Morgan fingerprint density at radius 3 is 2.88 bits per heavy atom. The molecule has 1 unspecified atom stereocenters. The van der Waals surface area contributed by atoms with Crippen LogP contribution in [0, 0.1) is 0 Å². The van der Waals surface area contributed by atoms with Gasteiger partial charge >= 0.3 is 5.97 Å². The standard InChI is InChI=1S/C12H15NO3/c14-12(15)9-13-6-7-16-11(8-13)10-4-2-1-3-5-10/h1-5,11H,6-9H2,(H,14,15). The van der Waals surface area contributed by atoms with E-state index in [4.69, 9.17) is 9.84 Å². The number of carboxylic acid groups (broad SMARTS) is 1. The first-order chi connectivity index (χ1) is 7.75. The van der Waals surface area contributed by atoms with Gasteiger partial charge in [-0.1, -0.05) is 30.3 Å². The zero-order valence-corrected chi connectivity index (χ0v) is 9.00. The van der Waals surface area contributed by atoms with Crippen molar-refractivity contribution in [3.05, 3.63) is 35.9 Å². The molecule has 2 rings (SSSR count). The molecule has 1 N–H and O–H groups in total. The number of ether oxygens (including phenoxy) is 1. The Kier molecular flexibility index (Phi) is 3.54. The average Bonchev–Trinajstić information content (AvgIpc) is 2.30. The molecule has 1 fully saturated rings. The minimum Gasteiger partial charge on any atom is -0.480 e. The Hall–Kier alpha value is -1.39. The number of morpholine rings is 1. The topological polar surface area (TPSA) is 49.8 Å². The molecule has 1 atom stereocenters. The lowest BCUT2D eigenvalue weighted by Gasteiger charge is -2.31. The van der Waals surface area contributed by atoms with Gasteiger partial charge in [-0.05, 0) is 5.56 Å². The van der Waals surface area contributed by atoms with Gasteiger partial charge in [-0.15, -0.1) is 0 Å². The van der Waals surface area contributed by atoms with Gasteiger partial charge in [-0.3, -0.25) is 9.69 Å². The van der Waals surface area contributed by atoms with E-state index in [-0.39, 0.29) is 12.6 Å². The van der Waals surface area contributed by atoms with Gasteiger partial charge in [-0.25, -0.2) is 0 Å². The molecule has 0 saturated carbocycles. The molecule has 86 valence electrons. The Morgan fingerprint density at radius 1 is 1.44 bits per heavy atom. The van der Waals surface area contributed by atoms with Crippen molar-refractivity contribution in [3.8, 4) is 0 Å². The summed E-state index contributed by atoms with van der Waals surface area (Å²) in [6, 6.07) is 9.91. The number of rotatable bonds is 3. The van der Waals surface area contributed by atoms with Crippen LogP contribution >= 0.6 is 0 Å². The third kappa shape index (κ3) is 2.81. The fourth-order valence-corrected chi connectivity index (χ4v) is 1.91. The molecule has 1 aromatic rings. The second kappa shape index (κ2) is 5.09. The predicted octanol–water partition coefficient (Wildman–Crippen LogP) is 1.14. The van der Waals surface area contributed by atoms with E-state index in [0.717, 1.165) is 5.56 Å². The third-order valence-corrected chi connectivity index (χ3v) is 2.68. The van der Waals surface area contributed by atoms with Crippen molar-refractivity contribution in [2.45, 2.75) is 6.10 Å². The van der Waals surface area contributed by atoms with Gasteiger partial charge in [0.05, 0.1) is 19.3 Å². The summed E-state index contributed by atoms with van der Waals surface area (Å²) in [5.74, 6) is -0.784. The first-order valence-electron chi connectivity index (χ1n) is 5.36. The predicted molar refractivity (Wildman–Crippen MR) is 59.2 cm³/mol. The Labute approximate surface area is 94.4 Å². The molecule has 0 spiro atoms. The van der Waals surface area contributed by atoms with Crippen LogP contribution in [0.2, 0.25) is 0 Å². The van der Waals surface area contributed by atoms with Gasteiger partial charge in [0, 0.05) is 13.1 Å². The van der Waals surface area contributed by atoms with Gasteiger partial charge in [0.2, 0.25) is 0 Å². The maximum atomic E-state index is 10.6. The minimum atomic E-state index is -0.784. The molecule has 0 aliphatic carbocycles. The molecule has 1 aliphatic heterocycles. The lowest BCUT2D eigenvalue weighted by atomic mass is 10.1. The first-order valence-corrected chi connectivity index (χ1v) is 5.36. The molecular weight excluding hydrogens is 206 g/mol. The fourth-order valence-electron chi connectivity index (χ4n) is 1.91. The molecule has 0 bridgehead atoms. The van der Waals surface area contributed by atoms with Crippen molar-refractivity contribution in [1.29, 1.82) is 0 Å². The monoisotopic (exact) mass is 221 g/mol. The largest absolute Gasteiger partial charge is 0.480 e. The highest BCUT2D eigenvalue weighted by Crippen LogP contribution is 2.21. The van der Waals surface area contributed by atoms with E-state index in [2.05, 4.69) is 0 Å². The summed E-state index contributed by atoms with van der Waals surface area (Å²) in [5, 5.41) is 8.74. The molecule has 4 heteroatoms. The molecule has 1 aromatic carbocycles. The van der Waals surface area contributed by atoms with Crippen LogP contribution in [0.1, 0.15) is 11.7 Å². The number of hydrogen-bond acceptors (Lipinski definition) is 3. The highest BCUT2D eigenvalue weighted by atomic mass is 16.5. The van der Waals surface area contributed by atoms with Crippen molar-refractivity contribution in [1.82, 2.24) is 4.90 Å².